The molecule has 128 valence electrons. The molecule has 0 bridgehead atoms. The monoisotopic (exact) mass is 328 g/mol. The summed E-state index contributed by atoms with van der Waals surface area (Å²) in [5, 5.41) is 21.0. The van der Waals surface area contributed by atoms with E-state index in [2.05, 4.69) is 33.4 Å². The van der Waals surface area contributed by atoms with Crippen molar-refractivity contribution in [3.8, 4) is 11.8 Å². The molecule has 1 heterocycles. The maximum absolute atomic E-state index is 8.99. The van der Waals surface area contributed by atoms with Crippen LogP contribution in [0.4, 0.5) is 0 Å². The van der Waals surface area contributed by atoms with E-state index >= 15 is 0 Å². The summed E-state index contributed by atoms with van der Waals surface area (Å²) in [4.78, 5) is 2.13. The van der Waals surface area contributed by atoms with Gasteiger partial charge in [0.1, 0.15) is 0 Å². The smallest absolute Gasteiger partial charge is 0.170 e. The maximum Gasteiger partial charge on any atom is 0.170 e. The molecule has 0 aliphatic rings. The first-order chi connectivity index (χ1) is 11.4. The van der Waals surface area contributed by atoms with Gasteiger partial charge in [0.05, 0.1) is 36.1 Å². The number of hydrogen-bond donors (Lipinski definition) is 0. The second-order valence-corrected chi connectivity index (χ2v) is 6.31. The molecule has 0 fully saturated rings. The SMILES string of the molecule is Cc1cc(C#N)ccc1-n1nnnc1CN(C)CC(C)OC(C)C. The van der Waals surface area contributed by atoms with Gasteiger partial charge in [-0.2, -0.15) is 9.94 Å². The number of nitrogens with zero attached hydrogens (tertiary/aromatic N) is 6. The summed E-state index contributed by atoms with van der Waals surface area (Å²) < 4.78 is 7.49. The van der Waals surface area contributed by atoms with Gasteiger partial charge in [-0.15, -0.1) is 5.10 Å². The molecular weight excluding hydrogens is 304 g/mol. The second-order valence-electron chi connectivity index (χ2n) is 6.31. The Labute approximate surface area is 142 Å². The maximum atomic E-state index is 8.99. The fraction of sp³-hybridized carbons (Fsp3) is 0.529. The number of aryl methyl sites for hydroxylation is 1. The van der Waals surface area contributed by atoms with Crippen LogP contribution in [0.5, 0.6) is 0 Å². The molecule has 7 nitrogen and oxygen atoms in total. The van der Waals surface area contributed by atoms with Crippen molar-refractivity contribution in [2.45, 2.75) is 46.4 Å². The normalized spacial score (nSPS) is 12.6. The first-order valence-electron chi connectivity index (χ1n) is 8.03. The molecule has 7 heteroatoms. The van der Waals surface area contributed by atoms with Crippen molar-refractivity contribution in [2.24, 2.45) is 0 Å². The van der Waals surface area contributed by atoms with E-state index in [4.69, 9.17) is 10.00 Å². The van der Waals surface area contributed by atoms with E-state index < -0.39 is 0 Å². The highest BCUT2D eigenvalue weighted by atomic mass is 16.5. The van der Waals surface area contributed by atoms with Gasteiger partial charge in [0.2, 0.25) is 0 Å². The van der Waals surface area contributed by atoms with Crippen LogP contribution in [0.1, 0.15) is 37.7 Å². The topological polar surface area (TPSA) is 79.9 Å². The number of benzene rings is 1. The van der Waals surface area contributed by atoms with E-state index in [0.717, 1.165) is 23.6 Å². The molecule has 0 N–H and O–H groups in total. The van der Waals surface area contributed by atoms with E-state index in [-0.39, 0.29) is 12.2 Å². The van der Waals surface area contributed by atoms with Crippen molar-refractivity contribution in [2.75, 3.05) is 13.6 Å². The van der Waals surface area contributed by atoms with Gasteiger partial charge in [-0.25, -0.2) is 0 Å². The Hall–Kier alpha value is -2.30. The summed E-state index contributed by atoms with van der Waals surface area (Å²) in [5.74, 6) is 0.752. The van der Waals surface area contributed by atoms with Crippen LogP contribution < -0.4 is 0 Å². The number of nitriles is 1. The van der Waals surface area contributed by atoms with Crippen LogP contribution in [0.2, 0.25) is 0 Å². The van der Waals surface area contributed by atoms with E-state index in [1.807, 2.05) is 40.0 Å². The van der Waals surface area contributed by atoms with Gasteiger partial charge in [0, 0.05) is 6.54 Å². The van der Waals surface area contributed by atoms with Crippen molar-refractivity contribution in [3.05, 3.63) is 35.2 Å². The highest BCUT2D eigenvalue weighted by Gasteiger charge is 2.15. The predicted molar refractivity (Wildman–Crippen MR) is 90.6 cm³/mol. The third-order valence-corrected chi connectivity index (χ3v) is 3.57. The first-order valence-corrected chi connectivity index (χ1v) is 8.03. The number of ether oxygens (including phenoxy) is 1. The summed E-state index contributed by atoms with van der Waals surface area (Å²) in [6.45, 7) is 9.47. The average Bonchev–Trinajstić information content (AvgIpc) is 2.93. The fourth-order valence-electron chi connectivity index (χ4n) is 2.71. The molecular formula is C17H24N6O. The second kappa shape index (κ2) is 7.99. The summed E-state index contributed by atoms with van der Waals surface area (Å²) >= 11 is 0. The molecule has 2 aromatic rings. The minimum Gasteiger partial charge on any atom is -0.375 e. The number of rotatable bonds is 7. The highest BCUT2D eigenvalue weighted by molar-refractivity contribution is 5.45. The summed E-state index contributed by atoms with van der Waals surface area (Å²) in [5.41, 5.74) is 2.47. The van der Waals surface area contributed by atoms with Crippen molar-refractivity contribution in [3.63, 3.8) is 0 Å². The molecule has 24 heavy (non-hydrogen) atoms. The van der Waals surface area contributed by atoms with Gasteiger partial charge in [-0.05, 0) is 68.9 Å². The third kappa shape index (κ3) is 4.60. The molecule has 0 aliphatic heterocycles. The van der Waals surface area contributed by atoms with Crippen LogP contribution in [-0.2, 0) is 11.3 Å². The fourth-order valence-corrected chi connectivity index (χ4v) is 2.71. The van der Waals surface area contributed by atoms with E-state index in [9.17, 15) is 0 Å². The Morgan fingerprint density at radius 2 is 2.08 bits per heavy atom. The number of aromatic nitrogens is 4. The van der Waals surface area contributed by atoms with E-state index in [1.165, 1.54) is 0 Å². The minimum atomic E-state index is 0.135. The zero-order valence-electron chi connectivity index (χ0n) is 14.9. The lowest BCUT2D eigenvalue weighted by molar-refractivity contribution is 0.00123. The van der Waals surface area contributed by atoms with Crippen molar-refractivity contribution in [1.29, 1.82) is 5.26 Å². The van der Waals surface area contributed by atoms with Gasteiger partial charge in [0.15, 0.2) is 5.82 Å². The van der Waals surface area contributed by atoms with Crippen LogP contribution in [0, 0.1) is 18.3 Å². The summed E-state index contributed by atoms with van der Waals surface area (Å²) in [6.07, 6.45) is 0.344. The number of hydrogen-bond acceptors (Lipinski definition) is 6. The molecule has 0 radical (unpaired) electrons. The van der Waals surface area contributed by atoms with Crippen molar-refractivity contribution < 1.29 is 4.74 Å². The third-order valence-electron chi connectivity index (χ3n) is 3.57. The zero-order chi connectivity index (χ0) is 17.7. The zero-order valence-corrected chi connectivity index (χ0v) is 14.9. The lowest BCUT2D eigenvalue weighted by Gasteiger charge is -2.22. The molecule has 0 saturated heterocycles. The van der Waals surface area contributed by atoms with Gasteiger partial charge < -0.3 is 4.74 Å². The van der Waals surface area contributed by atoms with Crippen LogP contribution >= 0.6 is 0 Å². The molecule has 0 aliphatic carbocycles. The van der Waals surface area contributed by atoms with Gasteiger partial charge in [0.25, 0.3) is 0 Å². The Morgan fingerprint density at radius 1 is 1.33 bits per heavy atom. The van der Waals surface area contributed by atoms with Crippen LogP contribution in [0.25, 0.3) is 5.69 Å². The Morgan fingerprint density at radius 3 is 2.71 bits per heavy atom. The molecule has 1 aromatic heterocycles. The molecule has 0 spiro atoms. The summed E-state index contributed by atoms with van der Waals surface area (Å²) in [6, 6.07) is 7.62. The Kier molecular flexibility index (Phi) is 6.01. The highest BCUT2D eigenvalue weighted by Crippen LogP contribution is 2.16. The van der Waals surface area contributed by atoms with Gasteiger partial charge in [-0.3, -0.25) is 4.90 Å². The summed E-state index contributed by atoms with van der Waals surface area (Å²) in [7, 11) is 2.02. The van der Waals surface area contributed by atoms with Crippen LogP contribution in [-0.4, -0.2) is 50.9 Å². The molecule has 1 aromatic carbocycles. The van der Waals surface area contributed by atoms with Crippen LogP contribution in [0.3, 0.4) is 0 Å². The molecule has 2 rings (SSSR count). The number of tetrazole rings is 1. The van der Waals surface area contributed by atoms with Crippen molar-refractivity contribution >= 4 is 0 Å². The quantitative estimate of drug-likeness (QED) is 0.774. The number of likely N-dealkylation sites (N-methyl/N-ethyl adjacent to an activating group) is 1. The van der Waals surface area contributed by atoms with E-state index in [0.29, 0.717) is 12.1 Å². The van der Waals surface area contributed by atoms with Crippen molar-refractivity contribution in [1.82, 2.24) is 25.1 Å². The molecule has 1 unspecified atom stereocenters. The largest absolute Gasteiger partial charge is 0.375 e. The van der Waals surface area contributed by atoms with Gasteiger partial charge in [-0.1, -0.05) is 0 Å². The minimum absolute atomic E-state index is 0.135. The standard InChI is InChI=1S/C17H24N6O/c1-12(2)24-14(4)10-22(5)11-17-19-20-21-23(17)16-7-6-15(9-18)8-13(16)3/h6-8,12,14H,10-11H2,1-5H3. The molecule has 1 atom stereocenters. The first kappa shape index (κ1) is 18.0. The molecule has 0 amide bonds. The lowest BCUT2D eigenvalue weighted by atomic mass is 10.1. The molecule has 0 saturated carbocycles. The lowest BCUT2D eigenvalue weighted by Crippen LogP contribution is -2.31. The predicted octanol–water partition coefficient (Wildman–Crippen LogP) is 2.09. The van der Waals surface area contributed by atoms with Gasteiger partial charge >= 0.3 is 0 Å². The van der Waals surface area contributed by atoms with E-state index in [1.54, 1.807) is 10.7 Å². The average molecular weight is 328 g/mol. The Balaban J connectivity index is 2.12. The van der Waals surface area contributed by atoms with Crippen LogP contribution in [0.15, 0.2) is 18.2 Å². The Bertz CT molecular complexity index is 718.